The van der Waals surface area contributed by atoms with Gasteiger partial charge in [-0.25, -0.2) is 4.98 Å². The van der Waals surface area contributed by atoms with E-state index in [1.807, 2.05) is 24.5 Å². The molecular formula is C26H33N4O3P. The van der Waals surface area contributed by atoms with Crippen LogP contribution < -0.4 is 5.32 Å². The van der Waals surface area contributed by atoms with Gasteiger partial charge in [0.1, 0.15) is 12.1 Å². The predicted molar refractivity (Wildman–Crippen MR) is 138 cm³/mol. The Bertz CT molecular complexity index is 1140. The minimum Gasteiger partial charge on any atom is -0.331 e. The average Bonchev–Trinajstić information content (AvgIpc) is 3.04. The second kappa shape index (κ2) is 11.1. The molecule has 1 aromatic carbocycles. The average molecular weight is 481 g/mol. The van der Waals surface area contributed by atoms with Crippen molar-refractivity contribution in [2.75, 3.05) is 18.5 Å². The van der Waals surface area contributed by atoms with Crippen molar-refractivity contribution in [3.8, 4) is 0 Å². The van der Waals surface area contributed by atoms with Gasteiger partial charge in [-0.2, -0.15) is 0 Å². The summed E-state index contributed by atoms with van der Waals surface area (Å²) < 4.78 is 13.4. The lowest BCUT2D eigenvalue weighted by Crippen LogP contribution is -2.18. The molecule has 0 spiro atoms. The Kier molecular flexibility index (Phi) is 7.99. The monoisotopic (exact) mass is 480 g/mol. The molecule has 2 aliphatic rings. The van der Waals surface area contributed by atoms with E-state index in [1.54, 1.807) is 13.4 Å². The molecule has 2 aliphatic carbocycles. The quantitative estimate of drug-likeness (QED) is 0.272. The summed E-state index contributed by atoms with van der Waals surface area (Å²) in [4.78, 5) is 27.3. The molecule has 8 heteroatoms. The van der Waals surface area contributed by atoms with Crippen LogP contribution in [0.5, 0.6) is 0 Å². The fourth-order valence-corrected chi connectivity index (χ4v) is 5.96. The van der Waals surface area contributed by atoms with E-state index in [-0.39, 0.29) is 12.1 Å². The first kappa shape index (κ1) is 24.4. The van der Waals surface area contributed by atoms with Crippen LogP contribution in [-0.2, 0) is 11.0 Å². The molecular weight excluding hydrogens is 447 g/mol. The molecule has 0 unspecified atom stereocenters. The summed E-state index contributed by atoms with van der Waals surface area (Å²) in [6, 6.07) is 10.3. The molecule has 7 nitrogen and oxygen atoms in total. The summed E-state index contributed by atoms with van der Waals surface area (Å²) in [7, 11) is -2.19. The maximum atomic E-state index is 11.3. The number of anilines is 1. The van der Waals surface area contributed by atoms with Gasteiger partial charge in [0.15, 0.2) is 0 Å². The van der Waals surface area contributed by atoms with Crippen LogP contribution in [0.3, 0.4) is 0 Å². The molecule has 0 saturated heterocycles. The lowest BCUT2D eigenvalue weighted by Gasteiger charge is -2.30. The van der Waals surface area contributed by atoms with Crippen molar-refractivity contribution in [2.24, 2.45) is 16.8 Å². The lowest BCUT2D eigenvalue weighted by atomic mass is 9.78. The van der Waals surface area contributed by atoms with Crippen LogP contribution >= 0.6 is 7.60 Å². The zero-order valence-electron chi connectivity index (χ0n) is 19.5. The Balaban J connectivity index is 1.51. The largest absolute Gasteiger partial charge is 0.331 e. The first-order chi connectivity index (χ1) is 16.4. The van der Waals surface area contributed by atoms with E-state index < -0.39 is 7.60 Å². The van der Waals surface area contributed by atoms with Crippen molar-refractivity contribution in [1.82, 2.24) is 9.55 Å². The highest BCUT2D eigenvalue weighted by Crippen LogP contribution is 2.43. The molecule has 180 valence electrons. The zero-order chi connectivity index (χ0) is 24.0. The fourth-order valence-electron chi connectivity index (χ4n) is 4.93. The van der Waals surface area contributed by atoms with Crippen molar-refractivity contribution >= 4 is 25.4 Å². The number of nitrogens with one attached hydrogen (secondary N) is 1. The van der Waals surface area contributed by atoms with E-state index >= 15 is 0 Å². The summed E-state index contributed by atoms with van der Waals surface area (Å²) >= 11 is 0. The molecule has 0 amide bonds. The second-order valence-corrected chi connectivity index (χ2v) is 10.8. The number of benzene rings is 1. The van der Waals surface area contributed by atoms with Crippen molar-refractivity contribution in [1.29, 1.82) is 0 Å². The Hall–Kier alpha value is -2.73. The molecule has 0 aliphatic heterocycles. The molecule has 1 heterocycles. The minimum absolute atomic E-state index is 0.0194. The zero-order valence-corrected chi connectivity index (χ0v) is 20.4. The van der Waals surface area contributed by atoms with Crippen LogP contribution in [0.25, 0.3) is 5.70 Å². The van der Waals surface area contributed by atoms with Crippen molar-refractivity contribution < 1.29 is 14.4 Å². The van der Waals surface area contributed by atoms with Gasteiger partial charge >= 0.3 is 7.60 Å². The van der Waals surface area contributed by atoms with Gasteiger partial charge in [-0.1, -0.05) is 48.1 Å². The van der Waals surface area contributed by atoms with Gasteiger partial charge in [-0.05, 0) is 61.7 Å². The van der Waals surface area contributed by atoms with Crippen LogP contribution in [0.2, 0.25) is 0 Å². The highest BCUT2D eigenvalue weighted by Gasteiger charge is 2.28. The number of imidazole rings is 1. The van der Waals surface area contributed by atoms with E-state index in [0.717, 1.165) is 55.7 Å². The molecule has 2 aromatic rings. The highest BCUT2D eigenvalue weighted by molar-refractivity contribution is 7.51. The number of nitrogens with zero attached hydrogens (tertiary/aromatic N) is 3. The third kappa shape index (κ3) is 6.44. The molecule has 1 saturated carbocycles. The summed E-state index contributed by atoms with van der Waals surface area (Å²) in [5.74, 6) is 1.50. The van der Waals surface area contributed by atoms with Gasteiger partial charge < -0.3 is 15.1 Å². The number of allylic oxidation sites excluding steroid dienone is 6. The van der Waals surface area contributed by atoms with Crippen LogP contribution in [0.1, 0.15) is 43.4 Å². The molecule has 0 radical (unpaired) electrons. The maximum Gasteiger partial charge on any atom is 0.325 e. The van der Waals surface area contributed by atoms with Gasteiger partial charge in [0.05, 0.1) is 18.2 Å². The first-order valence-electron chi connectivity index (χ1n) is 11.8. The molecule has 3 N–H and O–H groups in total. The van der Waals surface area contributed by atoms with Crippen molar-refractivity contribution in [3.63, 3.8) is 0 Å². The Morgan fingerprint density at radius 1 is 1.18 bits per heavy atom. The summed E-state index contributed by atoms with van der Waals surface area (Å²) in [5.41, 5.74) is 4.57. The van der Waals surface area contributed by atoms with Gasteiger partial charge in [0.2, 0.25) is 0 Å². The van der Waals surface area contributed by atoms with Crippen LogP contribution in [0.4, 0.5) is 5.82 Å². The molecule has 0 atom stereocenters. The van der Waals surface area contributed by atoms with E-state index in [4.69, 9.17) is 4.98 Å². The minimum atomic E-state index is -3.93. The summed E-state index contributed by atoms with van der Waals surface area (Å²) in [6.07, 6.45) is 17.6. The Morgan fingerprint density at radius 2 is 1.94 bits per heavy atom. The SMILES string of the molecule is CN=CNc1c(Cc2ccccc2)ncn1C1=CC=C(C2CCC(CP(=O)(O)O)CC2)CC=C1. The number of hydrogen-bond donors (Lipinski definition) is 3. The fraction of sp³-hybridized carbons (Fsp3) is 0.385. The van der Waals surface area contributed by atoms with Crippen LogP contribution in [-0.4, -0.2) is 38.9 Å². The summed E-state index contributed by atoms with van der Waals surface area (Å²) in [6.45, 7) is 0. The van der Waals surface area contributed by atoms with E-state index in [9.17, 15) is 14.4 Å². The molecule has 34 heavy (non-hydrogen) atoms. The van der Waals surface area contributed by atoms with Crippen LogP contribution in [0.15, 0.2) is 71.5 Å². The predicted octanol–water partition coefficient (Wildman–Crippen LogP) is 5.26. The number of hydrogen-bond acceptors (Lipinski definition) is 3. The van der Waals surface area contributed by atoms with Gasteiger partial charge in [0, 0.05) is 19.2 Å². The number of aliphatic imine (C=N–C) groups is 1. The Morgan fingerprint density at radius 3 is 2.65 bits per heavy atom. The standard InChI is InChI=1S/C26H33N4O3P/c1-27-18-28-26-25(16-20-6-3-2-4-7-20)29-19-30(26)24-9-5-8-22(14-15-24)23-12-10-21(11-13-23)17-34(31,32)33/h2-7,9,14-15,18-19,21,23H,8,10-13,16-17H2,1H3,(H,27,28)(H2,31,32,33). The molecule has 1 aromatic heterocycles. The smallest absolute Gasteiger partial charge is 0.325 e. The van der Waals surface area contributed by atoms with Crippen molar-refractivity contribution in [2.45, 2.75) is 38.5 Å². The first-order valence-corrected chi connectivity index (χ1v) is 13.6. The number of aromatic nitrogens is 2. The third-order valence-electron chi connectivity index (χ3n) is 6.64. The topological polar surface area (TPSA) is 99.7 Å². The van der Waals surface area contributed by atoms with E-state index in [0.29, 0.717) is 5.92 Å². The molecule has 0 bridgehead atoms. The van der Waals surface area contributed by atoms with Gasteiger partial charge in [-0.3, -0.25) is 14.1 Å². The normalized spacial score (nSPS) is 21.3. The third-order valence-corrected chi connectivity index (χ3v) is 7.64. The lowest BCUT2D eigenvalue weighted by molar-refractivity contribution is 0.298. The van der Waals surface area contributed by atoms with Gasteiger partial charge in [0.25, 0.3) is 0 Å². The maximum absolute atomic E-state index is 11.3. The second-order valence-electron chi connectivity index (χ2n) is 9.11. The van der Waals surface area contributed by atoms with Gasteiger partial charge in [-0.15, -0.1) is 0 Å². The van der Waals surface area contributed by atoms with E-state index in [1.165, 1.54) is 11.1 Å². The molecule has 1 fully saturated rings. The van der Waals surface area contributed by atoms with Crippen molar-refractivity contribution in [3.05, 3.63) is 77.8 Å². The summed E-state index contributed by atoms with van der Waals surface area (Å²) in [5, 5.41) is 3.30. The molecule has 4 rings (SSSR count). The van der Waals surface area contributed by atoms with E-state index in [2.05, 4.69) is 51.3 Å². The Labute approximate surface area is 201 Å². The highest BCUT2D eigenvalue weighted by atomic mass is 31.2. The number of rotatable bonds is 8. The van der Waals surface area contributed by atoms with Crippen LogP contribution in [0, 0.1) is 11.8 Å².